The third kappa shape index (κ3) is 5.81. The van der Waals surface area contributed by atoms with Gasteiger partial charge in [-0.05, 0) is 0 Å². The van der Waals surface area contributed by atoms with Crippen LogP contribution in [0.2, 0.25) is 5.32 Å². The standard InChI is InChI=1S/C22H19NO3Se/c24-21(18-12-6-2-7-13-18)23-22(25)26-20(17-10-4-1-5-11-17)16-27-19-14-8-3-9-15-19/h1-15,20H,16H2,(H,23,24,25). The summed E-state index contributed by atoms with van der Waals surface area (Å²) in [5, 5.41) is 2.99. The quantitative estimate of drug-likeness (QED) is 0.614. The molecule has 0 saturated heterocycles. The van der Waals surface area contributed by atoms with Crippen molar-refractivity contribution in [3.05, 3.63) is 102 Å². The molecule has 136 valence electrons. The van der Waals surface area contributed by atoms with Crippen LogP contribution in [0.25, 0.3) is 0 Å². The monoisotopic (exact) mass is 425 g/mol. The Hall–Kier alpha value is -2.88. The van der Waals surface area contributed by atoms with Gasteiger partial charge in [0.25, 0.3) is 0 Å². The number of hydrogen-bond acceptors (Lipinski definition) is 3. The van der Waals surface area contributed by atoms with Crippen LogP contribution in [0.3, 0.4) is 0 Å². The van der Waals surface area contributed by atoms with E-state index in [0.717, 1.165) is 5.56 Å². The first kappa shape index (κ1) is 18.9. The van der Waals surface area contributed by atoms with Crippen molar-refractivity contribution in [3.63, 3.8) is 0 Å². The number of nitrogens with one attached hydrogen (secondary N) is 1. The van der Waals surface area contributed by atoms with E-state index in [-0.39, 0.29) is 15.0 Å². The molecular formula is C22H19NO3Se. The maximum absolute atomic E-state index is 12.3. The van der Waals surface area contributed by atoms with Crippen LogP contribution in [0.15, 0.2) is 91.0 Å². The normalized spacial score (nSPS) is 11.4. The minimum atomic E-state index is -0.735. The van der Waals surface area contributed by atoms with E-state index >= 15 is 0 Å². The second-order valence-corrected chi connectivity index (χ2v) is 8.04. The van der Waals surface area contributed by atoms with Crippen LogP contribution in [0.5, 0.6) is 0 Å². The van der Waals surface area contributed by atoms with E-state index in [0.29, 0.717) is 10.9 Å². The van der Waals surface area contributed by atoms with Crippen LogP contribution in [-0.2, 0) is 4.74 Å². The summed E-state index contributed by atoms with van der Waals surface area (Å²) in [5.41, 5.74) is 1.33. The summed E-state index contributed by atoms with van der Waals surface area (Å²) in [6.07, 6.45) is -1.14. The van der Waals surface area contributed by atoms with Crippen LogP contribution < -0.4 is 9.78 Å². The summed E-state index contributed by atoms with van der Waals surface area (Å²) in [7, 11) is 0. The fourth-order valence-corrected chi connectivity index (χ4v) is 4.47. The molecule has 0 aliphatic heterocycles. The summed E-state index contributed by atoms with van der Waals surface area (Å²) >= 11 is 0.144. The first-order valence-corrected chi connectivity index (χ1v) is 10.6. The molecule has 3 aromatic rings. The molecular weight excluding hydrogens is 405 g/mol. The van der Waals surface area contributed by atoms with Gasteiger partial charge in [-0.25, -0.2) is 0 Å². The van der Waals surface area contributed by atoms with Gasteiger partial charge >= 0.3 is 165 Å². The Balaban J connectivity index is 1.65. The molecule has 3 aromatic carbocycles. The molecule has 0 saturated carbocycles. The van der Waals surface area contributed by atoms with Crippen molar-refractivity contribution in [1.82, 2.24) is 5.32 Å². The van der Waals surface area contributed by atoms with Gasteiger partial charge in [0, 0.05) is 0 Å². The Bertz CT molecular complexity index is 870. The molecule has 1 atom stereocenters. The van der Waals surface area contributed by atoms with Gasteiger partial charge in [-0.2, -0.15) is 0 Å². The molecule has 0 spiro atoms. The average molecular weight is 424 g/mol. The molecule has 0 aromatic heterocycles. The maximum atomic E-state index is 12.3. The number of ether oxygens (including phenoxy) is 1. The van der Waals surface area contributed by atoms with Crippen LogP contribution in [-0.4, -0.2) is 27.0 Å². The van der Waals surface area contributed by atoms with E-state index in [1.54, 1.807) is 24.3 Å². The first-order valence-electron chi connectivity index (χ1n) is 8.52. The van der Waals surface area contributed by atoms with E-state index < -0.39 is 18.1 Å². The van der Waals surface area contributed by atoms with Crippen molar-refractivity contribution in [2.24, 2.45) is 0 Å². The molecule has 4 nitrogen and oxygen atoms in total. The molecule has 2 amide bonds. The minimum absolute atomic E-state index is 0.144. The molecule has 1 unspecified atom stereocenters. The van der Waals surface area contributed by atoms with E-state index in [9.17, 15) is 9.59 Å². The number of carbonyl (C=O) groups excluding carboxylic acids is 2. The molecule has 1 N–H and O–H groups in total. The third-order valence-corrected chi connectivity index (χ3v) is 6.07. The number of benzene rings is 3. The number of imide groups is 1. The van der Waals surface area contributed by atoms with E-state index in [4.69, 9.17) is 4.74 Å². The predicted molar refractivity (Wildman–Crippen MR) is 106 cm³/mol. The van der Waals surface area contributed by atoms with Crippen LogP contribution in [0.4, 0.5) is 4.79 Å². The van der Waals surface area contributed by atoms with Crippen molar-refractivity contribution in [2.45, 2.75) is 11.4 Å². The Morgan fingerprint density at radius 1 is 0.815 bits per heavy atom. The topological polar surface area (TPSA) is 55.4 Å². The summed E-state index contributed by atoms with van der Waals surface area (Å²) < 4.78 is 6.83. The van der Waals surface area contributed by atoms with Crippen molar-refractivity contribution in [3.8, 4) is 0 Å². The Morgan fingerprint density at radius 3 is 2.00 bits per heavy atom. The molecule has 0 aliphatic rings. The zero-order valence-electron chi connectivity index (χ0n) is 14.6. The average Bonchev–Trinajstić information content (AvgIpc) is 2.73. The van der Waals surface area contributed by atoms with Crippen molar-refractivity contribution in [1.29, 1.82) is 0 Å². The molecule has 5 heteroatoms. The zero-order chi connectivity index (χ0) is 18.9. The predicted octanol–water partition coefficient (Wildman–Crippen LogP) is 3.74. The van der Waals surface area contributed by atoms with Gasteiger partial charge in [0.05, 0.1) is 0 Å². The second kappa shape index (κ2) is 9.72. The summed E-state index contributed by atoms with van der Waals surface area (Å²) in [6, 6.07) is 28.3. The molecule has 0 bridgehead atoms. The van der Waals surface area contributed by atoms with Gasteiger partial charge in [0.1, 0.15) is 0 Å². The van der Waals surface area contributed by atoms with Crippen LogP contribution in [0, 0.1) is 0 Å². The van der Waals surface area contributed by atoms with Gasteiger partial charge < -0.3 is 0 Å². The Kier molecular flexibility index (Phi) is 6.80. The molecule has 3 rings (SSSR count). The van der Waals surface area contributed by atoms with E-state index in [1.807, 2.05) is 54.6 Å². The molecule has 0 aliphatic carbocycles. The molecule has 27 heavy (non-hydrogen) atoms. The number of hydrogen-bond donors (Lipinski definition) is 1. The third-order valence-electron chi connectivity index (χ3n) is 3.82. The van der Waals surface area contributed by atoms with Crippen LogP contribution in [0.1, 0.15) is 22.0 Å². The van der Waals surface area contributed by atoms with Crippen molar-refractivity contribution >= 4 is 31.4 Å². The molecule has 0 heterocycles. The summed E-state index contributed by atoms with van der Waals surface area (Å²) in [4.78, 5) is 24.4. The van der Waals surface area contributed by atoms with Crippen LogP contribution >= 0.6 is 0 Å². The van der Waals surface area contributed by atoms with Gasteiger partial charge in [-0.3, -0.25) is 0 Å². The van der Waals surface area contributed by atoms with Crippen molar-refractivity contribution < 1.29 is 14.3 Å². The van der Waals surface area contributed by atoms with E-state index in [1.165, 1.54) is 4.46 Å². The fourth-order valence-electron chi connectivity index (χ4n) is 2.47. The fraction of sp³-hybridized carbons (Fsp3) is 0.0909. The van der Waals surface area contributed by atoms with Crippen molar-refractivity contribution in [2.75, 3.05) is 0 Å². The number of carbonyl (C=O) groups is 2. The number of amides is 2. The van der Waals surface area contributed by atoms with Gasteiger partial charge in [-0.15, -0.1) is 0 Å². The number of rotatable bonds is 6. The van der Waals surface area contributed by atoms with Gasteiger partial charge in [0.15, 0.2) is 0 Å². The first-order chi connectivity index (χ1) is 13.2. The summed E-state index contributed by atoms with van der Waals surface area (Å²) in [6.45, 7) is 0. The SMILES string of the molecule is O=C(NC(=O)c1ccccc1)OC(C[Se]c1ccccc1)c1ccccc1. The molecule has 0 radical (unpaired) electrons. The van der Waals surface area contributed by atoms with E-state index in [2.05, 4.69) is 17.4 Å². The number of alkyl carbamates (subject to hydrolysis) is 1. The Morgan fingerprint density at radius 2 is 1.37 bits per heavy atom. The van der Waals surface area contributed by atoms with Gasteiger partial charge in [0.2, 0.25) is 0 Å². The Labute approximate surface area is 164 Å². The zero-order valence-corrected chi connectivity index (χ0v) is 16.3. The van der Waals surface area contributed by atoms with Gasteiger partial charge in [-0.1, -0.05) is 0 Å². The molecule has 0 fully saturated rings. The summed E-state index contributed by atoms with van der Waals surface area (Å²) in [5.74, 6) is -0.471. The second-order valence-electron chi connectivity index (χ2n) is 5.75.